The summed E-state index contributed by atoms with van der Waals surface area (Å²) in [5, 5.41) is 0. The molecule has 4 rings (SSSR count). The third kappa shape index (κ3) is 5.49. The van der Waals surface area contributed by atoms with Crippen LogP contribution < -0.4 is 9.47 Å². The minimum absolute atomic E-state index is 0.170. The van der Waals surface area contributed by atoms with Gasteiger partial charge < -0.3 is 18.9 Å². The zero-order chi connectivity index (χ0) is 20.6. The number of ketones is 1. The normalized spacial score (nSPS) is 22.0. The number of hydrogen-bond donors (Lipinski definition) is 0. The van der Waals surface area contributed by atoms with E-state index in [0.717, 1.165) is 44.1 Å². The Labute approximate surface area is 177 Å². The molecule has 5 heteroatoms. The minimum atomic E-state index is -0.343. The third-order valence-corrected chi connectivity index (χ3v) is 5.25. The summed E-state index contributed by atoms with van der Waals surface area (Å²) in [6.45, 7) is 1.35. The number of ether oxygens (including phenoxy) is 4. The molecule has 0 spiro atoms. The Bertz CT molecular complexity index is 811. The number of hydrogen-bond acceptors (Lipinski definition) is 5. The molecule has 158 valence electrons. The summed E-state index contributed by atoms with van der Waals surface area (Å²) in [6, 6.07) is 15.2. The number of carbonyl (C=O) groups is 1. The molecule has 2 heterocycles. The molecule has 0 radical (unpaired) electrons. The van der Waals surface area contributed by atoms with E-state index in [9.17, 15) is 4.79 Å². The topological polar surface area (TPSA) is 54.0 Å². The molecule has 0 saturated carbocycles. The SMILES string of the molecule is O=C(/C=C/c1ccccc1)c1c(OC2CCCCO2)cccc1OC1CCCCO1. The zero-order valence-corrected chi connectivity index (χ0v) is 17.1. The summed E-state index contributed by atoms with van der Waals surface area (Å²) in [6.07, 6.45) is 8.47. The van der Waals surface area contributed by atoms with Gasteiger partial charge in [-0.1, -0.05) is 42.5 Å². The van der Waals surface area contributed by atoms with Gasteiger partial charge in [-0.2, -0.15) is 0 Å². The summed E-state index contributed by atoms with van der Waals surface area (Å²) in [4.78, 5) is 13.2. The Morgan fingerprint density at radius 2 is 1.40 bits per heavy atom. The van der Waals surface area contributed by atoms with E-state index in [1.165, 1.54) is 0 Å². The molecule has 2 aliphatic rings. The molecule has 0 aromatic heterocycles. The average molecular weight is 408 g/mol. The van der Waals surface area contributed by atoms with Crippen molar-refractivity contribution in [3.63, 3.8) is 0 Å². The Hall–Kier alpha value is -2.63. The van der Waals surface area contributed by atoms with E-state index in [1.54, 1.807) is 24.3 Å². The Morgan fingerprint density at radius 3 is 1.93 bits per heavy atom. The van der Waals surface area contributed by atoms with Crippen LogP contribution in [-0.4, -0.2) is 31.6 Å². The lowest BCUT2D eigenvalue weighted by Gasteiger charge is -2.27. The monoisotopic (exact) mass is 408 g/mol. The van der Waals surface area contributed by atoms with Gasteiger partial charge in [0.15, 0.2) is 18.4 Å². The van der Waals surface area contributed by atoms with Gasteiger partial charge in [0.05, 0.1) is 13.2 Å². The fourth-order valence-electron chi connectivity index (χ4n) is 3.66. The highest BCUT2D eigenvalue weighted by molar-refractivity contribution is 6.10. The van der Waals surface area contributed by atoms with Crippen molar-refractivity contribution in [3.05, 3.63) is 65.7 Å². The van der Waals surface area contributed by atoms with Gasteiger partial charge >= 0.3 is 0 Å². The van der Waals surface area contributed by atoms with Crippen molar-refractivity contribution in [1.29, 1.82) is 0 Å². The molecule has 0 amide bonds. The van der Waals surface area contributed by atoms with E-state index in [-0.39, 0.29) is 18.4 Å². The first kappa shape index (κ1) is 20.6. The van der Waals surface area contributed by atoms with Gasteiger partial charge in [-0.15, -0.1) is 0 Å². The second kappa shape index (κ2) is 10.4. The second-order valence-electron chi connectivity index (χ2n) is 7.57. The number of carbonyl (C=O) groups excluding carboxylic acids is 1. The van der Waals surface area contributed by atoms with Crippen LogP contribution >= 0.6 is 0 Å². The predicted octanol–water partition coefficient (Wildman–Crippen LogP) is 5.39. The van der Waals surface area contributed by atoms with Crippen molar-refractivity contribution < 1.29 is 23.7 Å². The van der Waals surface area contributed by atoms with E-state index >= 15 is 0 Å². The van der Waals surface area contributed by atoms with Crippen LogP contribution in [0.3, 0.4) is 0 Å². The maximum atomic E-state index is 13.2. The summed E-state index contributed by atoms with van der Waals surface area (Å²) in [5.74, 6) is 0.798. The van der Waals surface area contributed by atoms with Crippen molar-refractivity contribution in [1.82, 2.24) is 0 Å². The van der Waals surface area contributed by atoms with Crippen molar-refractivity contribution in [3.8, 4) is 11.5 Å². The van der Waals surface area contributed by atoms with E-state index in [0.29, 0.717) is 30.3 Å². The molecular weight excluding hydrogens is 380 g/mol. The maximum absolute atomic E-state index is 13.2. The number of allylic oxidation sites excluding steroid dienone is 1. The van der Waals surface area contributed by atoms with E-state index < -0.39 is 0 Å². The summed E-state index contributed by atoms with van der Waals surface area (Å²) in [7, 11) is 0. The summed E-state index contributed by atoms with van der Waals surface area (Å²) in [5.41, 5.74) is 1.37. The van der Waals surface area contributed by atoms with Crippen LogP contribution in [0.2, 0.25) is 0 Å². The average Bonchev–Trinajstić information content (AvgIpc) is 2.80. The molecule has 2 aliphatic heterocycles. The first-order chi connectivity index (χ1) is 14.8. The number of benzene rings is 2. The van der Waals surface area contributed by atoms with Gasteiger partial charge in [-0.05, 0) is 49.5 Å². The van der Waals surface area contributed by atoms with Crippen LogP contribution in [0.1, 0.15) is 54.4 Å². The van der Waals surface area contributed by atoms with E-state index in [1.807, 2.05) is 36.4 Å². The fourth-order valence-corrected chi connectivity index (χ4v) is 3.66. The highest BCUT2D eigenvalue weighted by Gasteiger charge is 2.24. The van der Waals surface area contributed by atoms with Crippen molar-refractivity contribution in [2.24, 2.45) is 0 Å². The lowest BCUT2D eigenvalue weighted by Crippen LogP contribution is -2.27. The molecular formula is C25H28O5. The largest absolute Gasteiger partial charge is 0.464 e. The van der Waals surface area contributed by atoms with Gasteiger partial charge in [0.2, 0.25) is 0 Å². The fraction of sp³-hybridized carbons (Fsp3) is 0.400. The van der Waals surface area contributed by atoms with E-state index in [2.05, 4.69) is 0 Å². The molecule has 2 unspecified atom stereocenters. The Morgan fingerprint density at radius 1 is 0.800 bits per heavy atom. The van der Waals surface area contributed by atoms with Gasteiger partial charge in [0.1, 0.15) is 17.1 Å². The predicted molar refractivity (Wildman–Crippen MR) is 115 cm³/mol. The molecule has 2 atom stereocenters. The van der Waals surface area contributed by atoms with Crippen LogP contribution in [0.25, 0.3) is 6.08 Å². The van der Waals surface area contributed by atoms with Gasteiger partial charge in [-0.3, -0.25) is 4.79 Å². The quantitative estimate of drug-likeness (QED) is 0.454. The van der Waals surface area contributed by atoms with Crippen molar-refractivity contribution in [2.75, 3.05) is 13.2 Å². The molecule has 5 nitrogen and oxygen atoms in total. The van der Waals surface area contributed by atoms with Crippen molar-refractivity contribution in [2.45, 2.75) is 51.1 Å². The maximum Gasteiger partial charge on any atom is 0.199 e. The highest BCUT2D eigenvalue weighted by Crippen LogP contribution is 2.33. The lowest BCUT2D eigenvalue weighted by atomic mass is 10.1. The van der Waals surface area contributed by atoms with Crippen LogP contribution in [0, 0.1) is 0 Å². The van der Waals surface area contributed by atoms with Gasteiger partial charge in [0, 0.05) is 12.8 Å². The van der Waals surface area contributed by atoms with E-state index in [4.69, 9.17) is 18.9 Å². The van der Waals surface area contributed by atoms with Crippen molar-refractivity contribution >= 4 is 11.9 Å². The van der Waals surface area contributed by atoms with Gasteiger partial charge in [-0.25, -0.2) is 0 Å². The summed E-state index contributed by atoms with van der Waals surface area (Å²) >= 11 is 0. The first-order valence-electron chi connectivity index (χ1n) is 10.8. The smallest absolute Gasteiger partial charge is 0.199 e. The molecule has 0 aliphatic carbocycles. The molecule has 0 N–H and O–H groups in total. The molecule has 2 saturated heterocycles. The van der Waals surface area contributed by atoms with Crippen LogP contribution in [0.5, 0.6) is 11.5 Å². The van der Waals surface area contributed by atoms with Crippen LogP contribution in [0.15, 0.2) is 54.6 Å². The van der Waals surface area contributed by atoms with Crippen LogP contribution in [-0.2, 0) is 9.47 Å². The third-order valence-electron chi connectivity index (χ3n) is 5.25. The molecule has 0 bridgehead atoms. The Kier molecular flexibility index (Phi) is 7.16. The molecule has 30 heavy (non-hydrogen) atoms. The molecule has 2 fully saturated rings. The lowest BCUT2D eigenvalue weighted by molar-refractivity contribution is -0.109. The van der Waals surface area contributed by atoms with Crippen LogP contribution in [0.4, 0.5) is 0 Å². The highest BCUT2D eigenvalue weighted by atomic mass is 16.7. The number of rotatable bonds is 7. The standard InChI is InChI=1S/C25H28O5/c26-20(16-15-19-9-2-1-3-10-19)25-21(29-23-13-4-6-17-27-23)11-8-12-22(25)30-24-14-5-7-18-28-24/h1-3,8-12,15-16,23-24H,4-7,13-14,17-18H2/b16-15+. The minimum Gasteiger partial charge on any atom is -0.464 e. The molecule has 2 aromatic carbocycles. The Balaban J connectivity index is 1.60. The first-order valence-corrected chi connectivity index (χ1v) is 10.8. The second-order valence-corrected chi connectivity index (χ2v) is 7.57. The zero-order valence-electron chi connectivity index (χ0n) is 17.1. The summed E-state index contributed by atoms with van der Waals surface area (Å²) < 4.78 is 23.6. The van der Waals surface area contributed by atoms with Gasteiger partial charge in [0.25, 0.3) is 0 Å². The molecule has 2 aromatic rings.